The number of carbonyl (C=O) groups is 2. The molecule has 5 nitrogen and oxygen atoms in total. The van der Waals surface area contributed by atoms with E-state index in [-0.39, 0.29) is 31.0 Å². The summed E-state index contributed by atoms with van der Waals surface area (Å²) in [5, 5.41) is 11.4. The zero-order valence-electron chi connectivity index (χ0n) is 9.67. The van der Waals surface area contributed by atoms with E-state index in [0.717, 1.165) is 0 Å². The van der Waals surface area contributed by atoms with Crippen LogP contribution >= 0.6 is 0 Å². The van der Waals surface area contributed by atoms with Crippen molar-refractivity contribution in [1.29, 1.82) is 0 Å². The number of nitrogens with zero attached hydrogens (tertiary/aromatic N) is 1. The fourth-order valence-electron chi connectivity index (χ4n) is 0.972. The number of esters is 1. The van der Waals surface area contributed by atoms with Gasteiger partial charge in [0.1, 0.15) is 0 Å². The average Bonchev–Trinajstić information content (AvgIpc) is 2.30. The van der Waals surface area contributed by atoms with Crippen molar-refractivity contribution in [3.63, 3.8) is 0 Å². The molecule has 84 valence electrons. The second kappa shape index (κ2) is 7.66. The summed E-state index contributed by atoms with van der Waals surface area (Å²) >= 11 is 0. The van der Waals surface area contributed by atoms with E-state index in [4.69, 9.17) is 0 Å². The van der Waals surface area contributed by atoms with Crippen molar-refractivity contribution < 1.29 is 38.3 Å². The molecule has 0 N–H and O–H groups in total. The summed E-state index contributed by atoms with van der Waals surface area (Å²) in [6.45, 7) is 1.67. The Morgan fingerprint density at radius 1 is 1.53 bits per heavy atom. The maximum atomic E-state index is 11.4. The van der Waals surface area contributed by atoms with Gasteiger partial charge in [0.05, 0.1) is 6.61 Å². The summed E-state index contributed by atoms with van der Waals surface area (Å²) in [6.07, 6.45) is 3.52. The van der Waals surface area contributed by atoms with Gasteiger partial charge in [-0.3, -0.25) is 9.78 Å². The van der Waals surface area contributed by atoms with Crippen LogP contribution in [0.15, 0.2) is 30.6 Å². The van der Waals surface area contributed by atoms with Crippen LogP contribution in [0.5, 0.6) is 0 Å². The average molecular weight is 227 g/mol. The summed E-state index contributed by atoms with van der Waals surface area (Å²) in [5.74, 6) is -2.55. The number of hydrogen-bond acceptors (Lipinski definition) is 5. The first-order chi connectivity index (χ1) is 7.65. The summed E-state index contributed by atoms with van der Waals surface area (Å²) in [5.41, 5.74) is 0.250. The van der Waals surface area contributed by atoms with Gasteiger partial charge < -0.3 is 9.84 Å². The van der Waals surface area contributed by atoms with Crippen LogP contribution in [0.2, 0.25) is 0 Å². The van der Waals surface area contributed by atoms with E-state index in [1.165, 1.54) is 18.5 Å². The normalized spacial score (nSPS) is 10.3. The smallest absolute Gasteiger partial charge is 0.872 e. The van der Waals surface area contributed by atoms with Crippen LogP contribution in [0.1, 0.15) is 12.5 Å². The molecular formula is C11H10LiNO4. The van der Waals surface area contributed by atoms with E-state index in [9.17, 15) is 14.7 Å². The maximum absolute atomic E-state index is 11.4. The van der Waals surface area contributed by atoms with Crippen LogP contribution in [0, 0.1) is 0 Å². The molecule has 1 aromatic heterocycles. The fraction of sp³-hybridized carbons (Fsp3) is 0.182. The molecule has 0 bridgehead atoms. The van der Waals surface area contributed by atoms with Crippen LogP contribution in [-0.4, -0.2) is 23.3 Å². The molecule has 6 heteroatoms. The fourth-order valence-corrected chi connectivity index (χ4v) is 0.972. The molecule has 0 unspecified atom stereocenters. The van der Waals surface area contributed by atoms with Crippen LogP contribution < -0.4 is 24.0 Å². The van der Waals surface area contributed by atoms with E-state index < -0.39 is 17.5 Å². The maximum Gasteiger partial charge on any atom is 1.00 e. The van der Waals surface area contributed by atoms with Crippen molar-refractivity contribution in [2.75, 3.05) is 6.61 Å². The number of pyridine rings is 1. The van der Waals surface area contributed by atoms with Crippen LogP contribution in [0.25, 0.3) is 5.76 Å². The molecule has 0 aliphatic heterocycles. The Kier molecular flexibility index (Phi) is 6.95. The third-order valence-corrected chi connectivity index (χ3v) is 1.68. The van der Waals surface area contributed by atoms with Crippen molar-refractivity contribution in [2.45, 2.75) is 6.92 Å². The first-order valence-electron chi connectivity index (χ1n) is 4.65. The molecule has 0 aromatic carbocycles. The number of carbonyl (C=O) groups excluding carboxylic acids is 2. The molecule has 0 aliphatic carbocycles. The Hall–Kier alpha value is -1.57. The largest absolute Gasteiger partial charge is 1.00 e. The van der Waals surface area contributed by atoms with E-state index in [1.807, 2.05) is 0 Å². The van der Waals surface area contributed by atoms with Gasteiger partial charge in [-0.15, -0.1) is 0 Å². The second-order valence-electron chi connectivity index (χ2n) is 2.84. The number of aromatic nitrogens is 1. The van der Waals surface area contributed by atoms with Gasteiger partial charge in [-0.1, -0.05) is 11.8 Å². The SMILES string of the molecule is CCOC(=O)C(=O)/C=C(/[O-])c1cccnc1.[Li+]. The number of rotatable bonds is 4. The van der Waals surface area contributed by atoms with Gasteiger partial charge in [-0.25, -0.2) is 4.79 Å². The van der Waals surface area contributed by atoms with Crippen LogP contribution in [-0.2, 0) is 14.3 Å². The molecule has 0 spiro atoms. The summed E-state index contributed by atoms with van der Waals surface area (Å²) in [7, 11) is 0. The van der Waals surface area contributed by atoms with E-state index in [0.29, 0.717) is 6.08 Å². The molecule has 1 rings (SSSR count). The van der Waals surface area contributed by atoms with Gasteiger partial charge in [-0.2, -0.15) is 0 Å². The van der Waals surface area contributed by atoms with Crippen molar-refractivity contribution in [3.05, 3.63) is 36.2 Å². The molecule has 0 atom stereocenters. The minimum atomic E-state index is -1.03. The Bertz CT molecular complexity index is 417. The van der Waals surface area contributed by atoms with Gasteiger partial charge in [0, 0.05) is 12.4 Å². The quantitative estimate of drug-likeness (QED) is 0.179. The standard InChI is InChI=1S/C11H11NO4.Li/c1-2-16-11(15)10(14)6-9(13)8-4-3-5-12-7-8;/h3-7,13H,2H2,1H3;/q;+1/p-1/b9-6+;. The molecule has 0 aliphatic rings. The third-order valence-electron chi connectivity index (χ3n) is 1.68. The molecular weight excluding hydrogens is 217 g/mol. The zero-order chi connectivity index (χ0) is 12.0. The van der Waals surface area contributed by atoms with E-state index >= 15 is 0 Å². The third kappa shape index (κ3) is 4.85. The van der Waals surface area contributed by atoms with Gasteiger partial charge in [-0.05, 0) is 24.6 Å². The van der Waals surface area contributed by atoms with E-state index in [1.54, 1.807) is 13.0 Å². The molecule has 0 amide bonds. The Labute approximate surface area is 111 Å². The van der Waals surface area contributed by atoms with Crippen molar-refractivity contribution in [2.24, 2.45) is 0 Å². The van der Waals surface area contributed by atoms with Crippen LogP contribution in [0.3, 0.4) is 0 Å². The van der Waals surface area contributed by atoms with Crippen LogP contribution in [0.4, 0.5) is 0 Å². The van der Waals surface area contributed by atoms with Crippen molar-refractivity contribution in [1.82, 2.24) is 4.98 Å². The predicted octanol–water partition coefficient (Wildman–Crippen LogP) is -3.08. The minimum Gasteiger partial charge on any atom is -0.872 e. The molecule has 17 heavy (non-hydrogen) atoms. The summed E-state index contributed by atoms with van der Waals surface area (Å²) in [6, 6.07) is 3.07. The topological polar surface area (TPSA) is 79.3 Å². The van der Waals surface area contributed by atoms with Crippen molar-refractivity contribution >= 4 is 17.5 Å². The first kappa shape index (κ1) is 15.4. The van der Waals surface area contributed by atoms with Gasteiger partial charge in [0.25, 0.3) is 5.78 Å². The predicted molar refractivity (Wildman–Crippen MR) is 53.9 cm³/mol. The van der Waals surface area contributed by atoms with E-state index in [2.05, 4.69) is 9.72 Å². The number of hydrogen-bond donors (Lipinski definition) is 0. The Morgan fingerprint density at radius 2 is 2.24 bits per heavy atom. The number of ketones is 1. The van der Waals surface area contributed by atoms with Gasteiger partial charge in [0.2, 0.25) is 0 Å². The molecule has 0 saturated heterocycles. The molecule has 1 heterocycles. The molecule has 0 fully saturated rings. The monoisotopic (exact) mass is 227 g/mol. The Balaban J connectivity index is 0.00000256. The van der Waals surface area contributed by atoms with Gasteiger partial charge >= 0.3 is 24.8 Å². The minimum absolute atomic E-state index is 0. The first-order valence-corrected chi connectivity index (χ1v) is 4.65. The van der Waals surface area contributed by atoms with Crippen molar-refractivity contribution in [3.8, 4) is 0 Å². The molecule has 0 saturated carbocycles. The van der Waals surface area contributed by atoms with Gasteiger partial charge in [0.15, 0.2) is 0 Å². The molecule has 0 radical (unpaired) electrons. The summed E-state index contributed by atoms with van der Waals surface area (Å²) < 4.78 is 4.45. The number of ether oxygens (including phenoxy) is 1. The second-order valence-corrected chi connectivity index (χ2v) is 2.84. The molecule has 1 aromatic rings. The Morgan fingerprint density at radius 3 is 2.76 bits per heavy atom. The zero-order valence-corrected chi connectivity index (χ0v) is 9.67. The summed E-state index contributed by atoms with van der Waals surface area (Å²) in [4.78, 5) is 25.8.